The number of anilines is 1. The summed E-state index contributed by atoms with van der Waals surface area (Å²) in [6.45, 7) is 5.23. The molecule has 2 heterocycles. The molecule has 1 unspecified atom stereocenters. The van der Waals surface area contributed by atoms with Crippen molar-refractivity contribution in [3.8, 4) is 5.82 Å². The number of rotatable bonds is 6. The van der Waals surface area contributed by atoms with E-state index in [9.17, 15) is 18.0 Å². The van der Waals surface area contributed by atoms with Gasteiger partial charge in [0.1, 0.15) is 0 Å². The van der Waals surface area contributed by atoms with E-state index in [2.05, 4.69) is 20.6 Å². The van der Waals surface area contributed by atoms with Crippen molar-refractivity contribution >= 4 is 17.4 Å². The van der Waals surface area contributed by atoms with E-state index in [1.807, 2.05) is 19.9 Å². The Morgan fingerprint density at radius 3 is 2.41 bits per heavy atom. The molecule has 8 nitrogen and oxygen atoms in total. The Hall–Kier alpha value is -3.89. The first-order valence-corrected chi connectivity index (χ1v) is 9.52. The quantitative estimate of drug-likeness (QED) is 0.342. The van der Waals surface area contributed by atoms with Gasteiger partial charge in [-0.3, -0.25) is 4.79 Å². The van der Waals surface area contributed by atoms with E-state index < -0.39 is 23.8 Å². The number of oxime groups is 1. The van der Waals surface area contributed by atoms with E-state index in [4.69, 9.17) is 10.6 Å². The number of nitrogens with two attached hydrogens (primary N) is 1. The molecule has 0 spiro atoms. The molecule has 0 aliphatic carbocycles. The normalized spacial score (nSPS) is 13.0. The molecule has 0 saturated heterocycles. The fraction of sp³-hybridized carbons (Fsp3) is 0.238. The van der Waals surface area contributed by atoms with Crippen molar-refractivity contribution in [2.45, 2.75) is 33.1 Å². The highest BCUT2D eigenvalue weighted by Crippen LogP contribution is 2.29. The van der Waals surface area contributed by atoms with E-state index in [0.717, 1.165) is 35.7 Å². The number of nitrogens with zero attached hydrogens (tertiary/aromatic N) is 4. The van der Waals surface area contributed by atoms with Gasteiger partial charge in [0.15, 0.2) is 11.7 Å². The summed E-state index contributed by atoms with van der Waals surface area (Å²) in [6.07, 6.45) is -3.99. The van der Waals surface area contributed by atoms with E-state index in [0.29, 0.717) is 11.4 Å². The zero-order valence-electron chi connectivity index (χ0n) is 17.5. The Morgan fingerprint density at radius 2 is 1.88 bits per heavy atom. The van der Waals surface area contributed by atoms with Gasteiger partial charge in [0.2, 0.25) is 6.10 Å². The molecule has 0 radical (unpaired) electrons. The maximum Gasteiger partial charge on any atom is 0.416 e. The topological polar surface area (TPSA) is 107 Å². The predicted octanol–water partition coefficient (Wildman–Crippen LogP) is 3.57. The first kappa shape index (κ1) is 22.8. The lowest BCUT2D eigenvalue weighted by Crippen LogP contribution is -2.27. The third-order valence-corrected chi connectivity index (χ3v) is 4.43. The van der Waals surface area contributed by atoms with Crippen LogP contribution in [-0.2, 0) is 15.8 Å². The lowest BCUT2D eigenvalue weighted by molar-refractivity contribution is -0.137. The van der Waals surface area contributed by atoms with Gasteiger partial charge in [-0.2, -0.15) is 18.3 Å². The van der Waals surface area contributed by atoms with Gasteiger partial charge < -0.3 is 15.9 Å². The Morgan fingerprint density at radius 1 is 1.19 bits per heavy atom. The number of nitrogens with one attached hydrogen (secondary N) is 1. The Kier molecular flexibility index (Phi) is 6.47. The molecule has 1 atom stereocenters. The molecule has 1 amide bonds. The number of amides is 1. The molecule has 0 aliphatic heterocycles. The Balaban J connectivity index is 1.60. The Bertz CT molecular complexity index is 1120. The lowest BCUT2D eigenvalue weighted by Gasteiger charge is -2.12. The molecule has 32 heavy (non-hydrogen) atoms. The monoisotopic (exact) mass is 446 g/mol. The van der Waals surface area contributed by atoms with Crippen LogP contribution in [0.5, 0.6) is 0 Å². The summed E-state index contributed by atoms with van der Waals surface area (Å²) in [5.41, 5.74) is 7.56. The predicted molar refractivity (Wildman–Crippen MR) is 112 cm³/mol. The second-order valence-electron chi connectivity index (χ2n) is 7.03. The number of pyridine rings is 1. The average Bonchev–Trinajstić information content (AvgIpc) is 3.09. The summed E-state index contributed by atoms with van der Waals surface area (Å²) in [5, 5.41) is 10.6. The van der Waals surface area contributed by atoms with Gasteiger partial charge in [-0.1, -0.05) is 5.16 Å². The van der Waals surface area contributed by atoms with Crippen molar-refractivity contribution in [3.05, 3.63) is 71.2 Å². The van der Waals surface area contributed by atoms with Crippen LogP contribution in [0.25, 0.3) is 5.82 Å². The van der Waals surface area contributed by atoms with Crippen molar-refractivity contribution < 1.29 is 22.8 Å². The molecule has 168 valence electrons. The lowest BCUT2D eigenvalue weighted by atomic mass is 10.2. The second kappa shape index (κ2) is 9.08. The van der Waals surface area contributed by atoms with Crippen LogP contribution < -0.4 is 11.1 Å². The number of carbonyl (C=O) groups excluding carboxylic acids is 1. The summed E-state index contributed by atoms with van der Waals surface area (Å²) < 4.78 is 39.5. The number of hydrogen-bond acceptors (Lipinski definition) is 5. The molecule has 0 saturated carbocycles. The maximum absolute atomic E-state index is 12.6. The molecule has 3 rings (SSSR count). The number of carbonyl (C=O) groups is 1. The maximum atomic E-state index is 12.6. The molecule has 0 aliphatic rings. The van der Waals surface area contributed by atoms with Crippen LogP contribution in [-0.4, -0.2) is 32.6 Å². The summed E-state index contributed by atoms with van der Waals surface area (Å²) >= 11 is 0. The van der Waals surface area contributed by atoms with E-state index >= 15 is 0 Å². The minimum atomic E-state index is -4.45. The van der Waals surface area contributed by atoms with E-state index in [1.165, 1.54) is 13.1 Å². The van der Waals surface area contributed by atoms with Gasteiger partial charge in [-0.25, -0.2) is 9.67 Å². The molecular weight excluding hydrogens is 425 g/mol. The highest BCUT2D eigenvalue weighted by atomic mass is 19.4. The number of aromatic nitrogens is 3. The highest BCUT2D eigenvalue weighted by Gasteiger charge is 2.30. The van der Waals surface area contributed by atoms with Crippen LogP contribution in [0.4, 0.5) is 18.9 Å². The zero-order valence-corrected chi connectivity index (χ0v) is 17.5. The molecule has 2 aromatic heterocycles. The molecule has 0 fully saturated rings. The number of benzene rings is 1. The van der Waals surface area contributed by atoms with Gasteiger partial charge in [0.25, 0.3) is 5.91 Å². The standard InChI is InChI=1S/C21H21F3N6O2/c1-12-10-13(2)30(28-12)18-9-4-15(11-26-18)19(25)29-32-14(3)20(31)27-17-7-5-16(6-8-17)21(22,23)24/h4-11,14H,1-3H3,(H2,25,29)(H,27,31). The van der Waals surface area contributed by atoms with Crippen molar-refractivity contribution in [1.29, 1.82) is 0 Å². The number of halogens is 3. The summed E-state index contributed by atoms with van der Waals surface area (Å²) in [6, 6.07) is 9.39. The van der Waals surface area contributed by atoms with Gasteiger partial charge >= 0.3 is 6.18 Å². The summed E-state index contributed by atoms with van der Waals surface area (Å²) in [5.74, 6) is 0.0169. The van der Waals surface area contributed by atoms with E-state index in [1.54, 1.807) is 16.8 Å². The Labute approximate surface area is 181 Å². The van der Waals surface area contributed by atoms with Crippen LogP contribution in [0.3, 0.4) is 0 Å². The van der Waals surface area contributed by atoms with Gasteiger partial charge in [0, 0.05) is 23.1 Å². The van der Waals surface area contributed by atoms with E-state index in [-0.39, 0.29) is 11.5 Å². The average molecular weight is 446 g/mol. The smallest absolute Gasteiger partial charge is 0.381 e. The minimum Gasteiger partial charge on any atom is -0.381 e. The van der Waals surface area contributed by atoms with Crippen LogP contribution in [0.15, 0.2) is 53.8 Å². The molecule has 3 N–H and O–H groups in total. The fourth-order valence-corrected chi connectivity index (χ4v) is 2.75. The van der Waals surface area contributed by atoms with Crippen LogP contribution in [0, 0.1) is 13.8 Å². The first-order chi connectivity index (χ1) is 15.0. The molecule has 1 aromatic carbocycles. The zero-order chi connectivity index (χ0) is 23.5. The SMILES string of the molecule is Cc1cc(C)n(-c2ccc(/C(N)=N\OC(C)C(=O)Nc3ccc(C(F)(F)F)cc3)cn2)n1. The third-order valence-electron chi connectivity index (χ3n) is 4.43. The number of alkyl halides is 3. The van der Waals surface area contributed by atoms with Crippen LogP contribution >= 0.6 is 0 Å². The molecular formula is C21H21F3N6O2. The third kappa shape index (κ3) is 5.42. The molecule has 3 aromatic rings. The van der Waals surface area contributed by atoms with Gasteiger partial charge in [0.05, 0.1) is 11.3 Å². The fourth-order valence-electron chi connectivity index (χ4n) is 2.75. The van der Waals surface area contributed by atoms with Crippen molar-refractivity contribution in [2.24, 2.45) is 10.9 Å². The number of amidine groups is 1. The van der Waals surface area contributed by atoms with Crippen molar-refractivity contribution in [2.75, 3.05) is 5.32 Å². The molecule has 11 heteroatoms. The van der Waals surface area contributed by atoms with Crippen molar-refractivity contribution in [3.63, 3.8) is 0 Å². The number of aryl methyl sites for hydroxylation is 2. The summed E-state index contributed by atoms with van der Waals surface area (Å²) in [4.78, 5) is 21.6. The van der Waals surface area contributed by atoms with Gasteiger partial charge in [-0.15, -0.1) is 0 Å². The largest absolute Gasteiger partial charge is 0.416 e. The van der Waals surface area contributed by atoms with Gasteiger partial charge in [-0.05, 0) is 63.2 Å². The number of hydrogen-bond donors (Lipinski definition) is 2. The van der Waals surface area contributed by atoms with Crippen molar-refractivity contribution in [1.82, 2.24) is 14.8 Å². The van der Waals surface area contributed by atoms with Crippen LogP contribution in [0.2, 0.25) is 0 Å². The second-order valence-corrected chi connectivity index (χ2v) is 7.03. The first-order valence-electron chi connectivity index (χ1n) is 9.52. The summed E-state index contributed by atoms with van der Waals surface area (Å²) in [7, 11) is 0. The minimum absolute atomic E-state index is 0.00611. The molecule has 0 bridgehead atoms. The van der Waals surface area contributed by atoms with Crippen LogP contribution in [0.1, 0.15) is 29.4 Å². The highest BCUT2D eigenvalue weighted by molar-refractivity contribution is 5.97.